The van der Waals surface area contributed by atoms with Gasteiger partial charge < -0.3 is 15.0 Å². The molecular weight excluding hydrogens is 419 g/mol. The van der Waals surface area contributed by atoms with Crippen molar-refractivity contribution in [1.29, 1.82) is 0 Å². The second kappa shape index (κ2) is 11.1. The van der Waals surface area contributed by atoms with Crippen LogP contribution in [0.15, 0.2) is 48.5 Å². The van der Waals surface area contributed by atoms with E-state index in [2.05, 4.69) is 5.32 Å². The van der Waals surface area contributed by atoms with Gasteiger partial charge >= 0.3 is 0 Å². The summed E-state index contributed by atoms with van der Waals surface area (Å²) in [5.74, 6) is -0.499. The summed E-state index contributed by atoms with van der Waals surface area (Å²) in [4.78, 5) is 27.4. The maximum atomic E-state index is 13.3. The molecule has 0 spiro atoms. The third kappa shape index (κ3) is 6.69. The fourth-order valence-electron chi connectivity index (χ4n) is 3.72. The van der Waals surface area contributed by atoms with Crippen LogP contribution in [0.3, 0.4) is 0 Å². The monoisotopic (exact) mass is 446 g/mol. The summed E-state index contributed by atoms with van der Waals surface area (Å²) >= 11 is 6.10. The van der Waals surface area contributed by atoms with Crippen molar-refractivity contribution < 1.29 is 18.7 Å². The van der Waals surface area contributed by atoms with E-state index in [-0.39, 0.29) is 36.8 Å². The molecule has 31 heavy (non-hydrogen) atoms. The molecule has 1 aliphatic carbocycles. The number of hydrogen-bond donors (Lipinski definition) is 1. The molecule has 0 bridgehead atoms. The number of nitrogens with one attached hydrogen (secondary N) is 1. The number of ether oxygens (including phenoxy) is 1. The molecule has 166 valence electrons. The molecule has 0 saturated heterocycles. The van der Waals surface area contributed by atoms with Gasteiger partial charge in [-0.15, -0.1) is 0 Å². The molecule has 1 unspecified atom stereocenters. The molecule has 0 heterocycles. The minimum absolute atomic E-state index is 0.144. The topological polar surface area (TPSA) is 58.6 Å². The van der Waals surface area contributed by atoms with Crippen molar-refractivity contribution in [2.45, 2.75) is 57.7 Å². The molecule has 7 heteroatoms. The van der Waals surface area contributed by atoms with Gasteiger partial charge in [-0.2, -0.15) is 0 Å². The highest BCUT2D eigenvalue weighted by molar-refractivity contribution is 6.32. The van der Waals surface area contributed by atoms with Gasteiger partial charge in [0.1, 0.15) is 17.6 Å². The second-order valence-corrected chi connectivity index (χ2v) is 8.29. The molecule has 1 aliphatic rings. The van der Waals surface area contributed by atoms with Crippen LogP contribution in [0.1, 0.15) is 44.6 Å². The normalized spacial score (nSPS) is 15.2. The van der Waals surface area contributed by atoms with Gasteiger partial charge in [0, 0.05) is 12.6 Å². The number of hydrogen-bond acceptors (Lipinski definition) is 3. The van der Waals surface area contributed by atoms with Crippen LogP contribution in [0.5, 0.6) is 5.75 Å². The summed E-state index contributed by atoms with van der Waals surface area (Å²) in [6, 6.07) is 12.2. The zero-order valence-electron chi connectivity index (χ0n) is 17.7. The van der Waals surface area contributed by atoms with Gasteiger partial charge in [0.15, 0.2) is 6.61 Å². The number of rotatable bonds is 8. The van der Waals surface area contributed by atoms with Crippen LogP contribution in [-0.4, -0.2) is 35.4 Å². The number of amides is 2. The third-order valence-electron chi connectivity index (χ3n) is 5.57. The van der Waals surface area contributed by atoms with Gasteiger partial charge in [0.05, 0.1) is 5.02 Å². The molecule has 2 amide bonds. The highest BCUT2D eigenvalue weighted by atomic mass is 35.5. The SMILES string of the molecule is CC(C(=O)NC1CCCCC1)N(Cc1ccc(F)cc1)C(=O)COc1ccccc1Cl. The highest BCUT2D eigenvalue weighted by Gasteiger charge is 2.28. The van der Waals surface area contributed by atoms with Crippen molar-refractivity contribution >= 4 is 23.4 Å². The van der Waals surface area contributed by atoms with Gasteiger partial charge in [0.25, 0.3) is 5.91 Å². The van der Waals surface area contributed by atoms with E-state index in [1.54, 1.807) is 43.3 Å². The van der Waals surface area contributed by atoms with Gasteiger partial charge in [-0.3, -0.25) is 9.59 Å². The lowest BCUT2D eigenvalue weighted by atomic mass is 9.95. The lowest BCUT2D eigenvalue weighted by molar-refractivity contribution is -0.142. The maximum absolute atomic E-state index is 13.3. The average molecular weight is 447 g/mol. The van der Waals surface area contributed by atoms with E-state index < -0.39 is 6.04 Å². The lowest BCUT2D eigenvalue weighted by Gasteiger charge is -2.31. The first-order valence-corrected chi connectivity index (χ1v) is 11.0. The number of carbonyl (C=O) groups is 2. The van der Waals surface area contributed by atoms with Crippen LogP contribution in [0.4, 0.5) is 4.39 Å². The Kier molecular flexibility index (Phi) is 8.29. The summed E-state index contributed by atoms with van der Waals surface area (Å²) in [6.45, 7) is 1.62. The van der Waals surface area contributed by atoms with Crippen LogP contribution in [0.2, 0.25) is 5.02 Å². The van der Waals surface area contributed by atoms with E-state index in [9.17, 15) is 14.0 Å². The fraction of sp³-hybridized carbons (Fsp3) is 0.417. The predicted octanol–water partition coefficient (Wildman–Crippen LogP) is 4.72. The summed E-state index contributed by atoms with van der Waals surface area (Å²) in [5, 5.41) is 3.48. The van der Waals surface area contributed by atoms with Crippen LogP contribution in [0.25, 0.3) is 0 Å². The van der Waals surface area contributed by atoms with Crippen molar-refractivity contribution in [3.63, 3.8) is 0 Å². The molecule has 3 rings (SSSR count). The molecule has 0 aromatic heterocycles. The van der Waals surface area contributed by atoms with Crippen molar-refractivity contribution in [3.8, 4) is 5.75 Å². The number of halogens is 2. The minimum Gasteiger partial charge on any atom is -0.482 e. The Balaban J connectivity index is 1.70. The summed E-state index contributed by atoms with van der Waals surface area (Å²) < 4.78 is 18.9. The summed E-state index contributed by atoms with van der Waals surface area (Å²) in [7, 11) is 0. The second-order valence-electron chi connectivity index (χ2n) is 7.89. The standard InChI is InChI=1S/C24H28ClFN2O3/c1-17(24(30)27-20-7-3-2-4-8-20)28(15-18-11-13-19(26)14-12-18)23(29)16-31-22-10-6-5-9-21(22)25/h5-6,9-14,17,20H,2-4,7-8,15-16H2,1H3,(H,27,30). The first-order valence-electron chi connectivity index (χ1n) is 10.7. The van der Waals surface area contributed by atoms with Crippen molar-refractivity contribution in [1.82, 2.24) is 10.2 Å². The van der Waals surface area contributed by atoms with Gasteiger partial charge in [0.2, 0.25) is 5.91 Å². The summed E-state index contributed by atoms with van der Waals surface area (Å²) in [5.41, 5.74) is 0.727. The van der Waals surface area contributed by atoms with E-state index in [1.807, 2.05) is 0 Å². The molecule has 5 nitrogen and oxygen atoms in total. The van der Waals surface area contributed by atoms with E-state index in [0.717, 1.165) is 31.2 Å². The smallest absolute Gasteiger partial charge is 0.261 e. The van der Waals surface area contributed by atoms with E-state index in [1.165, 1.54) is 23.5 Å². The number of carbonyl (C=O) groups excluding carboxylic acids is 2. The Morgan fingerprint density at radius 3 is 2.48 bits per heavy atom. The third-order valence-corrected chi connectivity index (χ3v) is 5.89. The van der Waals surface area contributed by atoms with E-state index >= 15 is 0 Å². The molecule has 2 aromatic rings. The summed E-state index contributed by atoms with van der Waals surface area (Å²) in [6.07, 6.45) is 5.31. The van der Waals surface area contributed by atoms with Crippen LogP contribution in [0, 0.1) is 5.82 Å². The maximum Gasteiger partial charge on any atom is 0.261 e. The van der Waals surface area contributed by atoms with Crippen molar-refractivity contribution in [2.75, 3.05) is 6.61 Å². The predicted molar refractivity (Wildman–Crippen MR) is 118 cm³/mol. The Labute approximate surface area is 187 Å². The Hall–Kier alpha value is -2.60. The van der Waals surface area contributed by atoms with Gasteiger partial charge in [-0.05, 0) is 49.6 Å². The number of nitrogens with zero attached hydrogens (tertiary/aromatic N) is 1. The molecule has 1 fully saturated rings. The Bertz CT molecular complexity index is 885. The Morgan fingerprint density at radius 2 is 1.81 bits per heavy atom. The first kappa shape index (κ1) is 23.1. The van der Waals surface area contributed by atoms with Crippen LogP contribution < -0.4 is 10.1 Å². The molecule has 2 aromatic carbocycles. The molecule has 1 saturated carbocycles. The molecule has 1 N–H and O–H groups in total. The largest absolute Gasteiger partial charge is 0.482 e. The molecule has 0 radical (unpaired) electrons. The van der Waals surface area contributed by atoms with Gasteiger partial charge in [-0.25, -0.2) is 4.39 Å². The number of benzene rings is 2. The molecule has 1 atom stereocenters. The fourth-order valence-corrected chi connectivity index (χ4v) is 3.91. The minimum atomic E-state index is -0.700. The van der Waals surface area contributed by atoms with Crippen molar-refractivity contribution in [3.05, 3.63) is 64.9 Å². The van der Waals surface area contributed by atoms with E-state index in [4.69, 9.17) is 16.3 Å². The van der Waals surface area contributed by atoms with Gasteiger partial charge in [-0.1, -0.05) is 55.1 Å². The first-order chi connectivity index (χ1) is 14.9. The van der Waals surface area contributed by atoms with Crippen molar-refractivity contribution in [2.24, 2.45) is 0 Å². The zero-order chi connectivity index (χ0) is 22.2. The zero-order valence-corrected chi connectivity index (χ0v) is 18.4. The lowest BCUT2D eigenvalue weighted by Crippen LogP contribution is -2.51. The Morgan fingerprint density at radius 1 is 1.13 bits per heavy atom. The van der Waals surface area contributed by atoms with Crippen LogP contribution >= 0.6 is 11.6 Å². The molecular formula is C24H28ClFN2O3. The highest BCUT2D eigenvalue weighted by Crippen LogP contribution is 2.23. The molecule has 0 aliphatic heterocycles. The number of para-hydroxylation sites is 1. The quantitative estimate of drug-likeness (QED) is 0.638. The average Bonchev–Trinajstić information content (AvgIpc) is 2.78. The van der Waals surface area contributed by atoms with Crippen LogP contribution in [-0.2, 0) is 16.1 Å². The van der Waals surface area contributed by atoms with E-state index in [0.29, 0.717) is 10.8 Å².